The highest BCUT2D eigenvalue weighted by Crippen LogP contribution is 2.34. The van der Waals surface area contributed by atoms with Crippen LogP contribution in [-0.4, -0.2) is 0 Å². The van der Waals surface area contributed by atoms with Gasteiger partial charge in [0.15, 0.2) is 0 Å². The average molecular weight is 277 g/mol. The standard InChI is InChI=1S/C12H5Cl2F3/c13-6-1-2-8(9(14)3-6)12-10(16)4-7(15)5-11(12)17/h1-5H. The van der Waals surface area contributed by atoms with Crippen molar-refractivity contribution in [3.05, 3.63) is 57.8 Å². The Hall–Kier alpha value is -1.19. The number of halogens is 5. The van der Waals surface area contributed by atoms with Gasteiger partial charge in [0.2, 0.25) is 0 Å². The van der Waals surface area contributed by atoms with Crippen LogP contribution in [0, 0.1) is 17.5 Å². The van der Waals surface area contributed by atoms with Crippen molar-refractivity contribution in [1.82, 2.24) is 0 Å². The van der Waals surface area contributed by atoms with Crippen molar-refractivity contribution < 1.29 is 13.2 Å². The molecule has 0 aliphatic rings. The van der Waals surface area contributed by atoms with Gasteiger partial charge in [0.1, 0.15) is 17.5 Å². The molecule has 2 aromatic carbocycles. The molecular formula is C12H5Cl2F3. The van der Waals surface area contributed by atoms with Gasteiger partial charge in [-0.2, -0.15) is 0 Å². The van der Waals surface area contributed by atoms with Gasteiger partial charge in [-0.3, -0.25) is 0 Å². The molecule has 0 fully saturated rings. The van der Waals surface area contributed by atoms with Gasteiger partial charge < -0.3 is 0 Å². The molecule has 88 valence electrons. The van der Waals surface area contributed by atoms with Gasteiger partial charge in [-0.25, -0.2) is 13.2 Å². The summed E-state index contributed by atoms with van der Waals surface area (Å²) in [7, 11) is 0. The predicted octanol–water partition coefficient (Wildman–Crippen LogP) is 5.08. The van der Waals surface area contributed by atoms with Gasteiger partial charge >= 0.3 is 0 Å². The summed E-state index contributed by atoms with van der Waals surface area (Å²) >= 11 is 11.5. The van der Waals surface area contributed by atoms with E-state index in [2.05, 4.69) is 0 Å². The van der Waals surface area contributed by atoms with Crippen LogP contribution in [0.3, 0.4) is 0 Å². The van der Waals surface area contributed by atoms with Gasteiger partial charge in [-0.05, 0) is 12.1 Å². The fraction of sp³-hybridized carbons (Fsp3) is 0. The lowest BCUT2D eigenvalue weighted by Gasteiger charge is -2.08. The van der Waals surface area contributed by atoms with Crippen LogP contribution in [0.2, 0.25) is 10.0 Å². The Morgan fingerprint density at radius 3 is 1.94 bits per heavy atom. The Bertz CT molecular complexity index is 559. The normalized spacial score (nSPS) is 10.6. The molecule has 0 aromatic heterocycles. The van der Waals surface area contributed by atoms with Crippen LogP contribution in [0.15, 0.2) is 30.3 Å². The summed E-state index contributed by atoms with van der Waals surface area (Å²) < 4.78 is 39.8. The zero-order chi connectivity index (χ0) is 12.6. The molecular weight excluding hydrogens is 272 g/mol. The Morgan fingerprint density at radius 1 is 0.824 bits per heavy atom. The molecule has 0 aliphatic carbocycles. The van der Waals surface area contributed by atoms with Crippen molar-refractivity contribution in [2.45, 2.75) is 0 Å². The first-order valence-electron chi connectivity index (χ1n) is 4.59. The van der Waals surface area contributed by atoms with Crippen molar-refractivity contribution in [3.63, 3.8) is 0 Å². The largest absolute Gasteiger partial charge is 0.207 e. The minimum atomic E-state index is -1.01. The van der Waals surface area contributed by atoms with Crippen LogP contribution in [0.1, 0.15) is 0 Å². The fourth-order valence-corrected chi connectivity index (χ4v) is 1.99. The lowest BCUT2D eigenvalue weighted by Crippen LogP contribution is -1.93. The van der Waals surface area contributed by atoms with E-state index in [1.807, 2.05) is 0 Å². The summed E-state index contributed by atoms with van der Waals surface area (Å²) in [5.74, 6) is -2.99. The first-order chi connectivity index (χ1) is 7.99. The zero-order valence-electron chi connectivity index (χ0n) is 8.28. The number of hydrogen-bond donors (Lipinski definition) is 0. The highest BCUT2D eigenvalue weighted by Gasteiger charge is 2.16. The molecule has 0 aliphatic heterocycles. The molecule has 0 unspecified atom stereocenters. The first-order valence-corrected chi connectivity index (χ1v) is 5.34. The van der Waals surface area contributed by atoms with Gasteiger partial charge in [0, 0.05) is 22.7 Å². The van der Waals surface area contributed by atoms with Gasteiger partial charge in [-0.15, -0.1) is 0 Å². The third kappa shape index (κ3) is 2.40. The second kappa shape index (κ2) is 4.59. The van der Waals surface area contributed by atoms with Crippen molar-refractivity contribution in [1.29, 1.82) is 0 Å². The van der Waals surface area contributed by atoms with Gasteiger partial charge in [0.05, 0.1) is 10.6 Å². The average Bonchev–Trinajstić information content (AvgIpc) is 2.19. The Balaban J connectivity index is 2.68. The zero-order valence-corrected chi connectivity index (χ0v) is 9.79. The maximum atomic E-state index is 13.5. The molecule has 0 amide bonds. The molecule has 2 rings (SSSR count). The van der Waals surface area contributed by atoms with Crippen LogP contribution in [-0.2, 0) is 0 Å². The van der Waals surface area contributed by atoms with E-state index in [1.165, 1.54) is 18.2 Å². The summed E-state index contributed by atoms with van der Waals surface area (Å²) in [5.41, 5.74) is -0.237. The van der Waals surface area contributed by atoms with E-state index in [9.17, 15) is 13.2 Å². The Kier molecular flexibility index (Phi) is 3.31. The molecule has 0 nitrogen and oxygen atoms in total. The van der Waals surface area contributed by atoms with Crippen LogP contribution in [0.4, 0.5) is 13.2 Å². The quantitative estimate of drug-likeness (QED) is 0.682. The summed E-state index contributed by atoms with van der Waals surface area (Å²) in [6.45, 7) is 0. The number of benzene rings is 2. The minimum Gasteiger partial charge on any atom is -0.207 e. The molecule has 0 spiro atoms. The van der Waals surface area contributed by atoms with E-state index in [0.717, 1.165) is 0 Å². The topological polar surface area (TPSA) is 0 Å². The maximum Gasteiger partial charge on any atom is 0.136 e. The highest BCUT2D eigenvalue weighted by molar-refractivity contribution is 6.36. The molecule has 0 atom stereocenters. The molecule has 0 bridgehead atoms. The number of rotatable bonds is 1. The van der Waals surface area contributed by atoms with Gasteiger partial charge in [-0.1, -0.05) is 29.3 Å². The lowest BCUT2D eigenvalue weighted by molar-refractivity contribution is 0.548. The molecule has 0 N–H and O–H groups in total. The minimum absolute atomic E-state index is 0.0990. The van der Waals surface area contributed by atoms with Gasteiger partial charge in [0.25, 0.3) is 0 Å². The lowest BCUT2D eigenvalue weighted by atomic mass is 10.0. The van der Waals surface area contributed by atoms with Crippen molar-refractivity contribution >= 4 is 23.2 Å². The van der Waals surface area contributed by atoms with Crippen molar-refractivity contribution in [2.75, 3.05) is 0 Å². The van der Waals surface area contributed by atoms with E-state index >= 15 is 0 Å². The first kappa shape index (κ1) is 12.3. The molecule has 0 saturated carbocycles. The third-order valence-corrected chi connectivity index (χ3v) is 2.76. The monoisotopic (exact) mass is 276 g/mol. The number of hydrogen-bond acceptors (Lipinski definition) is 0. The molecule has 0 heterocycles. The molecule has 2 aromatic rings. The third-order valence-electron chi connectivity index (χ3n) is 2.21. The van der Waals surface area contributed by atoms with E-state index < -0.39 is 17.5 Å². The predicted molar refractivity (Wildman–Crippen MR) is 61.8 cm³/mol. The summed E-state index contributed by atoms with van der Waals surface area (Å²) in [6.07, 6.45) is 0. The molecule has 17 heavy (non-hydrogen) atoms. The van der Waals surface area contributed by atoms with E-state index in [4.69, 9.17) is 23.2 Å². The van der Waals surface area contributed by atoms with Crippen LogP contribution >= 0.6 is 23.2 Å². The van der Waals surface area contributed by atoms with Crippen LogP contribution in [0.5, 0.6) is 0 Å². The second-order valence-corrected chi connectivity index (χ2v) is 4.21. The maximum absolute atomic E-state index is 13.5. The summed E-state index contributed by atoms with van der Waals surface area (Å²) in [6, 6.07) is 5.39. The van der Waals surface area contributed by atoms with E-state index in [0.29, 0.717) is 17.2 Å². The summed E-state index contributed by atoms with van der Waals surface area (Å²) in [5, 5.41) is 0.448. The van der Waals surface area contributed by atoms with Crippen LogP contribution in [0.25, 0.3) is 11.1 Å². The summed E-state index contributed by atoms with van der Waals surface area (Å²) in [4.78, 5) is 0. The fourth-order valence-electron chi connectivity index (χ4n) is 1.49. The SMILES string of the molecule is Fc1cc(F)c(-c2ccc(Cl)cc2Cl)c(F)c1. The van der Waals surface area contributed by atoms with E-state index in [1.54, 1.807) is 0 Å². The molecule has 5 heteroatoms. The Morgan fingerprint density at radius 2 is 1.41 bits per heavy atom. The highest BCUT2D eigenvalue weighted by atomic mass is 35.5. The van der Waals surface area contributed by atoms with Crippen LogP contribution < -0.4 is 0 Å². The van der Waals surface area contributed by atoms with E-state index in [-0.39, 0.29) is 16.1 Å². The second-order valence-electron chi connectivity index (χ2n) is 3.37. The molecule has 0 radical (unpaired) electrons. The molecule has 0 saturated heterocycles. The van der Waals surface area contributed by atoms with Crippen molar-refractivity contribution in [2.24, 2.45) is 0 Å². The smallest absolute Gasteiger partial charge is 0.136 e. The Labute approximate surface area is 106 Å². The van der Waals surface area contributed by atoms with Crippen molar-refractivity contribution in [3.8, 4) is 11.1 Å².